The smallest absolute Gasteiger partial charge is 0.260 e. The van der Waals surface area contributed by atoms with Crippen LogP contribution in [-0.2, 0) is 10.0 Å². The maximum atomic E-state index is 13.7. The lowest BCUT2D eigenvalue weighted by Crippen LogP contribution is -2.39. The summed E-state index contributed by atoms with van der Waals surface area (Å²) in [5.74, 6) is 1.09. The van der Waals surface area contributed by atoms with Gasteiger partial charge in [-0.05, 0) is 37.4 Å². The van der Waals surface area contributed by atoms with E-state index in [1.165, 1.54) is 27.8 Å². The van der Waals surface area contributed by atoms with Crippen LogP contribution in [-0.4, -0.2) is 74.6 Å². The predicted octanol–water partition coefficient (Wildman–Crippen LogP) is 4.04. The van der Waals surface area contributed by atoms with Crippen LogP contribution < -0.4 is 14.4 Å². The number of nitrogens with zero attached hydrogens (tertiary/aromatic N) is 4. The van der Waals surface area contributed by atoms with E-state index in [-0.39, 0.29) is 17.6 Å². The lowest BCUT2D eigenvalue weighted by Gasteiger charge is -2.25. The van der Waals surface area contributed by atoms with E-state index in [4.69, 9.17) is 14.5 Å². The molecule has 0 saturated carbocycles. The van der Waals surface area contributed by atoms with Crippen LogP contribution in [0, 0.1) is 0 Å². The van der Waals surface area contributed by atoms with Crippen molar-refractivity contribution in [3.63, 3.8) is 0 Å². The first-order chi connectivity index (χ1) is 17.3. The molecule has 9 nitrogen and oxygen atoms in total. The van der Waals surface area contributed by atoms with Crippen LogP contribution in [0.2, 0.25) is 0 Å². The van der Waals surface area contributed by atoms with Crippen molar-refractivity contribution in [2.75, 3.05) is 51.0 Å². The van der Waals surface area contributed by atoms with Crippen LogP contribution in [0.4, 0.5) is 5.13 Å². The number of likely N-dealkylation sites (N-methyl/N-ethyl adjacent to an activating group) is 1. The van der Waals surface area contributed by atoms with Crippen LogP contribution in [0.1, 0.15) is 38.1 Å². The summed E-state index contributed by atoms with van der Waals surface area (Å²) in [4.78, 5) is 22.5. The summed E-state index contributed by atoms with van der Waals surface area (Å²) in [6.07, 6.45) is 0. The van der Waals surface area contributed by atoms with Gasteiger partial charge in [0.05, 0.1) is 15.1 Å². The fourth-order valence-corrected chi connectivity index (χ4v) is 6.58. The molecule has 0 radical (unpaired) electrons. The van der Waals surface area contributed by atoms with Gasteiger partial charge in [0.2, 0.25) is 16.8 Å². The maximum absolute atomic E-state index is 13.7. The number of amides is 1. The van der Waals surface area contributed by atoms with Crippen molar-refractivity contribution in [2.45, 2.75) is 32.6 Å². The van der Waals surface area contributed by atoms with E-state index in [2.05, 4.69) is 18.7 Å². The third-order valence-corrected chi connectivity index (χ3v) is 9.43. The highest BCUT2D eigenvalue weighted by atomic mass is 32.2. The maximum Gasteiger partial charge on any atom is 0.260 e. The molecule has 1 aliphatic rings. The number of hydrogen-bond acceptors (Lipinski definition) is 8. The summed E-state index contributed by atoms with van der Waals surface area (Å²) in [5.41, 5.74) is 1.14. The fourth-order valence-electron chi connectivity index (χ4n) is 4.12. The summed E-state index contributed by atoms with van der Waals surface area (Å²) in [6.45, 7) is 11.6. The molecule has 0 atom stereocenters. The molecule has 0 bridgehead atoms. The molecule has 194 valence electrons. The second kappa shape index (κ2) is 11.1. The van der Waals surface area contributed by atoms with Crippen molar-refractivity contribution in [1.29, 1.82) is 0 Å². The Bertz CT molecular complexity index is 1280. The number of benzene rings is 2. The Hall–Kier alpha value is -2.73. The van der Waals surface area contributed by atoms with Gasteiger partial charge < -0.3 is 14.4 Å². The number of rotatable bonds is 11. The van der Waals surface area contributed by atoms with Gasteiger partial charge in [-0.15, -0.1) is 0 Å². The van der Waals surface area contributed by atoms with Gasteiger partial charge >= 0.3 is 0 Å². The summed E-state index contributed by atoms with van der Waals surface area (Å²) >= 11 is 1.42. The van der Waals surface area contributed by atoms with Gasteiger partial charge in [-0.1, -0.05) is 39.0 Å². The molecular formula is C25H32N4O5S2. The van der Waals surface area contributed by atoms with Gasteiger partial charge in [-0.25, -0.2) is 13.4 Å². The molecule has 4 rings (SSSR count). The molecule has 1 aromatic heterocycles. The SMILES string of the molecule is CCN(CC)CCN(C(=O)c1ccc(S(=O)(=O)N(CC)CC)cc1)c1nc2cc3c(cc2s1)OCO3. The van der Waals surface area contributed by atoms with E-state index < -0.39 is 10.0 Å². The Morgan fingerprint density at radius 3 is 2.19 bits per heavy atom. The van der Waals surface area contributed by atoms with E-state index in [9.17, 15) is 13.2 Å². The van der Waals surface area contributed by atoms with Crippen LogP contribution in [0.3, 0.4) is 0 Å². The fraction of sp³-hybridized carbons (Fsp3) is 0.440. The number of carbonyl (C=O) groups is 1. The first-order valence-corrected chi connectivity index (χ1v) is 14.4. The van der Waals surface area contributed by atoms with Gasteiger partial charge in [0.25, 0.3) is 5.91 Å². The van der Waals surface area contributed by atoms with E-state index in [1.54, 1.807) is 30.9 Å². The van der Waals surface area contributed by atoms with Crippen LogP contribution >= 0.6 is 11.3 Å². The van der Waals surface area contributed by atoms with Gasteiger partial charge in [-0.2, -0.15) is 4.31 Å². The highest BCUT2D eigenvalue weighted by Crippen LogP contribution is 2.40. The van der Waals surface area contributed by atoms with Crippen molar-refractivity contribution >= 4 is 42.6 Å². The number of thiazole rings is 1. The number of hydrogen-bond donors (Lipinski definition) is 0. The largest absolute Gasteiger partial charge is 0.454 e. The Morgan fingerprint density at radius 1 is 0.944 bits per heavy atom. The molecule has 2 heterocycles. The molecule has 0 saturated heterocycles. The first kappa shape index (κ1) is 26.3. The van der Waals surface area contributed by atoms with Crippen molar-refractivity contribution in [3.05, 3.63) is 42.0 Å². The van der Waals surface area contributed by atoms with E-state index >= 15 is 0 Å². The Labute approximate surface area is 216 Å². The summed E-state index contributed by atoms with van der Waals surface area (Å²) < 4.78 is 39.0. The topological polar surface area (TPSA) is 92.3 Å². The average Bonchev–Trinajstić information content (AvgIpc) is 3.51. The average molecular weight is 533 g/mol. The number of fused-ring (bicyclic) bond motifs is 2. The number of carbonyl (C=O) groups excluding carboxylic acids is 1. The van der Waals surface area contributed by atoms with E-state index in [0.717, 1.165) is 23.3 Å². The molecule has 1 amide bonds. The summed E-state index contributed by atoms with van der Waals surface area (Å²) in [5, 5.41) is 0.575. The molecular weight excluding hydrogens is 500 g/mol. The lowest BCUT2D eigenvalue weighted by molar-refractivity contribution is 0.0983. The Balaban J connectivity index is 1.65. The molecule has 1 aliphatic heterocycles. The number of aromatic nitrogens is 1. The number of ether oxygens (including phenoxy) is 2. The first-order valence-electron chi connectivity index (χ1n) is 12.2. The van der Waals surface area contributed by atoms with Crippen LogP contribution in [0.5, 0.6) is 11.5 Å². The quantitative estimate of drug-likeness (QED) is 0.368. The lowest BCUT2D eigenvalue weighted by atomic mass is 10.2. The third kappa shape index (κ3) is 5.19. The second-order valence-corrected chi connectivity index (χ2v) is 11.2. The van der Waals surface area contributed by atoms with Gasteiger partial charge in [-0.3, -0.25) is 9.69 Å². The van der Waals surface area contributed by atoms with E-state index in [1.807, 2.05) is 12.1 Å². The molecule has 2 aromatic carbocycles. The molecule has 0 fully saturated rings. The minimum atomic E-state index is -3.60. The van der Waals surface area contributed by atoms with Crippen molar-refractivity contribution in [3.8, 4) is 11.5 Å². The van der Waals surface area contributed by atoms with Gasteiger partial charge in [0.15, 0.2) is 16.6 Å². The molecule has 11 heteroatoms. The molecule has 0 aliphatic carbocycles. The standard InChI is InChI=1S/C25H32N4O5S2/c1-5-27(6-2)13-14-29(25-26-20-15-21-22(34-17-33-21)16-23(20)35-25)24(30)18-9-11-19(12-10-18)36(31,32)28(7-3)8-4/h9-12,15-16H,5-8,13-14,17H2,1-4H3. The van der Waals surface area contributed by atoms with Crippen molar-refractivity contribution in [2.24, 2.45) is 0 Å². The zero-order valence-corrected chi connectivity index (χ0v) is 22.7. The minimum Gasteiger partial charge on any atom is -0.454 e. The summed E-state index contributed by atoms with van der Waals surface area (Å²) in [7, 11) is -3.60. The third-order valence-electron chi connectivity index (χ3n) is 6.33. The monoisotopic (exact) mass is 532 g/mol. The normalized spacial score (nSPS) is 13.2. The second-order valence-electron chi connectivity index (χ2n) is 8.27. The molecule has 36 heavy (non-hydrogen) atoms. The Morgan fingerprint density at radius 2 is 1.58 bits per heavy atom. The number of sulfonamides is 1. The Kier molecular flexibility index (Phi) is 8.13. The van der Waals surface area contributed by atoms with E-state index in [0.29, 0.717) is 48.4 Å². The molecule has 3 aromatic rings. The minimum absolute atomic E-state index is 0.173. The molecule has 0 N–H and O–H groups in total. The zero-order valence-electron chi connectivity index (χ0n) is 21.1. The molecule has 0 unspecified atom stereocenters. The zero-order chi connectivity index (χ0) is 25.9. The highest BCUT2D eigenvalue weighted by molar-refractivity contribution is 7.89. The van der Waals surface area contributed by atoms with Gasteiger partial charge in [0, 0.05) is 43.9 Å². The summed E-state index contributed by atoms with van der Waals surface area (Å²) in [6, 6.07) is 9.87. The van der Waals surface area contributed by atoms with Crippen LogP contribution in [0.25, 0.3) is 10.2 Å². The van der Waals surface area contributed by atoms with Gasteiger partial charge in [0.1, 0.15) is 0 Å². The van der Waals surface area contributed by atoms with Crippen LogP contribution in [0.15, 0.2) is 41.3 Å². The predicted molar refractivity (Wildman–Crippen MR) is 142 cm³/mol. The molecule has 0 spiro atoms. The number of anilines is 1. The van der Waals surface area contributed by atoms with Crippen molar-refractivity contribution < 1.29 is 22.7 Å². The van der Waals surface area contributed by atoms with Crippen molar-refractivity contribution in [1.82, 2.24) is 14.2 Å². The highest BCUT2D eigenvalue weighted by Gasteiger charge is 2.26.